The van der Waals surface area contributed by atoms with E-state index in [4.69, 9.17) is 14.2 Å². The number of hydrogen-bond donors (Lipinski definition) is 0. The fraction of sp³-hybridized carbons (Fsp3) is 0.571. The Hall–Kier alpha value is -4.71. The summed E-state index contributed by atoms with van der Waals surface area (Å²) in [6.07, 6.45) is 79.7. The molecule has 0 saturated carbocycles. The fourth-order valence-electron chi connectivity index (χ4n) is 6.85. The molecular formula is C63H98O6. The molecule has 0 N–H and O–H groups in total. The van der Waals surface area contributed by atoms with E-state index < -0.39 is 6.10 Å². The van der Waals surface area contributed by atoms with Crippen LogP contribution < -0.4 is 0 Å². The molecule has 0 fully saturated rings. The maximum atomic E-state index is 12.8. The molecule has 69 heavy (non-hydrogen) atoms. The molecule has 6 nitrogen and oxygen atoms in total. The molecule has 386 valence electrons. The lowest BCUT2D eigenvalue weighted by Gasteiger charge is -2.18. The Morgan fingerprint density at radius 2 is 0.652 bits per heavy atom. The molecule has 0 aliphatic carbocycles. The zero-order valence-electron chi connectivity index (χ0n) is 44.0. The van der Waals surface area contributed by atoms with Crippen LogP contribution in [0.5, 0.6) is 0 Å². The molecule has 0 heterocycles. The second-order valence-electron chi connectivity index (χ2n) is 17.5. The van der Waals surface area contributed by atoms with Crippen LogP contribution in [0.3, 0.4) is 0 Å². The van der Waals surface area contributed by atoms with Crippen molar-refractivity contribution in [2.24, 2.45) is 0 Å². The molecule has 0 bridgehead atoms. The van der Waals surface area contributed by atoms with Crippen LogP contribution >= 0.6 is 0 Å². The Labute approximate surface area is 423 Å². The van der Waals surface area contributed by atoms with Gasteiger partial charge in [-0.25, -0.2) is 0 Å². The molecule has 0 spiro atoms. The Kier molecular flexibility index (Phi) is 52.1. The van der Waals surface area contributed by atoms with Crippen molar-refractivity contribution in [2.75, 3.05) is 13.2 Å². The van der Waals surface area contributed by atoms with E-state index in [0.29, 0.717) is 19.3 Å². The lowest BCUT2D eigenvalue weighted by molar-refractivity contribution is -0.167. The SMILES string of the molecule is CC\C=C/C=C\C=C/C=C\CCCCCCCC(=O)OCC(COC(=O)CCCCCCCC/C=C\C/C=C\C/C=C\C/C=C\CC)OC(=O)CCC/C=C\C/C=C\C/C=C\C/C=C\CCCCC. The van der Waals surface area contributed by atoms with Crippen molar-refractivity contribution in [3.63, 3.8) is 0 Å². The van der Waals surface area contributed by atoms with Gasteiger partial charge in [0.25, 0.3) is 0 Å². The highest BCUT2D eigenvalue weighted by Crippen LogP contribution is 2.12. The summed E-state index contributed by atoms with van der Waals surface area (Å²) < 4.78 is 16.8. The summed E-state index contributed by atoms with van der Waals surface area (Å²) in [6, 6.07) is 0. The van der Waals surface area contributed by atoms with Crippen molar-refractivity contribution in [3.05, 3.63) is 146 Å². The number of rotatable bonds is 47. The van der Waals surface area contributed by atoms with Crippen LogP contribution in [0.25, 0.3) is 0 Å². The summed E-state index contributed by atoms with van der Waals surface area (Å²) in [5, 5.41) is 0. The number of hydrogen-bond acceptors (Lipinski definition) is 6. The van der Waals surface area contributed by atoms with Crippen LogP contribution in [-0.2, 0) is 28.6 Å². The molecule has 0 rings (SSSR count). The standard InChI is InChI=1S/C63H98O6/c1-4-7-10-13-16-19-22-25-28-30-31-33-35-38-41-44-47-50-53-56-62(65)68-59-60(58-67-61(64)55-52-49-46-43-40-37-34-27-24-21-18-15-12-9-6-3)69-63(66)57-54-51-48-45-42-39-36-32-29-26-23-20-17-14-11-8-5-2/h7,9-10,12,15-21,24-29,31,33-34,36,39,45,48,60H,4-6,8,11,13-14,22-23,30,32,35,37-38,40-44,46-47,49-59H2,1-3H3/b10-7-,12-9-,18-15-,19-16-,20-17-,24-21-,28-25-,29-26-,33-31-,34-27-,39-36-,48-45-. The number of unbranched alkanes of at least 4 members (excludes halogenated alkanes) is 15. The van der Waals surface area contributed by atoms with Crippen molar-refractivity contribution < 1.29 is 28.6 Å². The van der Waals surface area contributed by atoms with E-state index in [1.807, 2.05) is 24.3 Å². The number of ether oxygens (including phenoxy) is 3. The average molecular weight is 951 g/mol. The van der Waals surface area contributed by atoms with Crippen molar-refractivity contribution in [1.82, 2.24) is 0 Å². The van der Waals surface area contributed by atoms with Gasteiger partial charge in [-0.2, -0.15) is 0 Å². The van der Waals surface area contributed by atoms with Crippen molar-refractivity contribution in [2.45, 2.75) is 219 Å². The fourth-order valence-corrected chi connectivity index (χ4v) is 6.85. The lowest BCUT2D eigenvalue weighted by Crippen LogP contribution is -2.30. The minimum Gasteiger partial charge on any atom is -0.462 e. The first-order valence-corrected chi connectivity index (χ1v) is 27.4. The van der Waals surface area contributed by atoms with Crippen LogP contribution in [0.2, 0.25) is 0 Å². The first kappa shape index (κ1) is 64.3. The summed E-state index contributed by atoms with van der Waals surface area (Å²) in [6.45, 7) is 6.26. The largest absolute Gasteiger partial charge is 0.462 e. The average Bonchev–Trinajstić information content (AvgIpc) is 3.35. The number of carbonyl (C=O) groups is 3. The maximum absolute atomic E-state index is 12.8. The van der Waals surface area contributed by atoms with E-state index in [1.54, 1.807) is 0 Å². The third kappa shape index (κ3) is 54.1. The molecule has 0 saturated heterocycles. The third-order valence-electron chi connectivity index (χ3n) is 10.9. The van der Waals surface area contributed by atoms with Crippen LogP contribution in [0.1, 0.15) is 213 Å². The molecular weight excluding hydrogens is 853 g/mol. The summed E-state index contributed by atoms with van der Waals surface area (Å²) in [4.78, 5) is 38.1. The van der Waals surface area contributed by atoms with Gasteiger partial charge in [0.2, 0.25) is 0 Å². The Morgan fingerprint density at radius 1 is 0.319 bits per heavy atom. The molecule has 0 aromatic rings. The molecule has 1 unspecified atom stereocenters. The number of allylic oxidation sites excluding steroid dienone is 24. The van der Waals surface area contributed by atoms with Crippen LogP contribution in [0.15, 0.2) is 146 Å². The monoisotopic (exact) mass is 951 g/mol. The zero-order chi connectivity index (χ0) is 50.0. The zero-order valence-corrected chi connectivity index (χ0v) is 44.0. The van der Waals surface area contributed by atoms with Gasteiger partial charge in [0, 0.05) is 19.3 Å². The van der Waals surface area contributed by atoms with E-state index in [2.05, 4.69) is 142 Å². The predicted molar refractivity (Wildman–Crippen MR) is 297 cm³/mol. The second-order valence-corrected chi connectivity index (χ2v) is 17.5. The van der Waals surface area contributed by atoms with Gasteiger partial charge >= 0.3 is 17.9 Å². The van der Waals surface area contributed by atoms with Crippen LogP contribution in [-0.4, -0.2) is 37.2 Å². The maximum Gasteiger partial charge on any atom is 0.306 e. The normalized spacial score (nSPS) is 13.3. The van der Waals surface area contributed by atoms with Crippen LogP contribution in [0.4, 0.5) is 0 Å². The van der Waals surface area contributed by atoms with E-state index >= 15 is 0 Å². The van der Waals surface area contributed by atoms with Crippen LogP contribution in [0, 0.1) is 0 Å². The first-order valence-electron chi connectivity index (χ1n) is 27.4. The van der Waals surface area contributed by atoms with Gasteiger partial charge in [0.15, 0.2) is 6.10 Å². The number of esters is 3. The van der Waals surface area contributed by atoms with Gasteiger partial charge in [-0.15, -0.1) is 0 Å². The topological polar surface area (TPSA) is 78.9 Å². The molecule has 0 aromatic heterocycles. The highest BCUT2D eigenvalue weighted by Gasteiger charge is 2.19. The van der Waals surface area contributed by atoms with Gasteiger partial charge in [-0.05, 0) is 116 Å². The molecule has 0 aliphatic rings. The minimum atomic E-state index is -0.830. The minimum absolute atomic E-state index is 0.121. The van der Waals surface area contributed by atoms with Gasteiger partial charge in [0.05, 0.1) is 0 Å². The van der Waals surface area contributed by atoms with Gasteiger partial charge in [-0.1, -0.05) is 224 Å². The molecule has 0 amide bonds. The summed E-state index contributed by atoms with van der Waals surface area (Å²) in [7, 11) is 0. The highest BCUT2D eigenvalue weighted by molar-refractivity contribution is 5.71. The first-order chi connectivity index (χ1) is 34.0. The van der Waals surface area contributed by atoms with E-state index in [9.17, 15) is 14.4 Å². The number of carbonyl (C=O) groups excluding carboxylic acids is 3. The molecule has 0 aliphatic heterocycles. The summed E-state index contributed by atoms with van der Waals surface area (Å²) in [5.41, 5.74) is 0. The van der Waals surface area contributed by atoms with Gasteiger partial charge < -0.3 is 14.2 Å². The van der Waals surface area contributed by atoms with Crippen molar-refractivity contribution in [1.29, 1.82) is 0 Å². The summed E-state index contributed by atoms with van der Waals surface area (Å²) >= 11 is 0. The Morgan fingerprint density at radius 3 is 1.10 bits per heavy atom. The second kappa shape index (κ2) is 55.9. The van der Waals surface area contributed by atoms with E-state index in [1.165, 1.54) is 38.5 Å². The quantitative estimate of drug-likeness (QED) is 0.0199. The van der Waals surface area contributed by atoms with Crippen molar-refractivity contribution in [3.8, 4) is 0 Å². The molecule has 1 atom stereocenters. The Bertz CT molecular complexity index is 1560. The van der Waals surface area contributed by atoms with Gasteiger partial charge in [-0.3, -0.25) is 14.4 Å². The van der Waals surface area contributed by atoms with E-state index in [-0.39, 0.29) is 37.5 Å². The predicted octanol–water partition coefficient (Wildman–Crippen LogP) is 18.4. The molecule has 6 heteroatoms. The smallest absolute Gasteiger partial charge is 0.306 e. The molecule has 0 radical (unpaired) electrons. The lowest BCUT2D eigenvalue weighted by atomic mass is 10.1. The Balaban J connectivity index is 4.57. The van der Waals surface area contributed by atoms with E-state index in [0.717, 1.165) is 128 Å². The third-order valence-corrected chi connectivity index (χ3v) is 10.9. The molecule has 0 aromatic carbocycles. The van der Waals surface area contributed by atoms with Crippen molar-refractivity contribution >= 4 is 17.9 Å². The highest BCUT2D eigenvalue weighted by atomic mass is 16.6. The summed E-state index contributed by atoms with van der Waals surface area (Å²) in [5.74, 6) is -1.02. The van der Waals surface area contributed by atoms with Gasteiger partial charge in [0.1, 0.15) is 13.2 Å².